The normalized spacial score (nSPS) is 19.5. The second kappa shape index (κ2) is 7.84. The predicted octanol–water partition coefficient (Wildman–Crippen LogP) is 4.25. The van der Waals surface area contributed by atoms with E-state index in [0.717, 1.165) is 12.1 Å². The highest BCUT2D eigenvalue weighted by molar-refractivity contribution is 5.90. The summed E-state index contributed by atoms with van der Waals surface area (Å²) < 4.78 is 49.0. The maximum Gasteiger partial charge on any atom is 0.416 e. The van der Waals surface area contributed by atoms with E-state index in [9.17, 15) is 22.8 Å². The number of amides is 2. The second-order valence-electron chi connectivity index (χ2n) is 5.83. The average Bonchev–Trinajstić information content (AvgIpc) is 2.60. The standard InChI is InChI=1S/C17H21F3N2O4/c1-4-11-9-13(21-15(23)25-3)12-8-10(17(18,19)20)6-7-14(12)22(11)16(24)26-5-2/h6-8,11,13H,4-5,9H2,1-3H3,(H,21,23)/t11-,13?/m1/s1. The van der Waals surface area contributed by atoms with Gasteiger partial charge < -0.3 is 14.8 Å². The quantitative estimate of drug-likeness (QED) is 0.859. The third kappa shape index (κ3) is 4.03. The predicted molar refractivity (Wildman–Crippen MR) is 87.9 cm³/mol. The SMILES string of the molecule is CCOC(=O)N1c2ccc(C(F)(F)F)cc2C(NC(=O)OC)C[C@H]1CC. The fourth-order valence-corrected chi connectivity index (χ4v) is 3.06. The van der Waals surface area contributed by atoms with Crippen LogP contribution in [0.5, 0.6) is 0 Å². The van der Waals surface area contributed by atoms with Crippen LogP contribution < -0.4 is 10.2 Å². The largest absolute Gasteiger partial charge is 0.453 e. The molecule has 26 heavy (non-hydrogen) atoms. The highest BCUT2D eigenvalue weighted by atomic mass is 19.4. The van der Waals surface area contributed by atoms with E-state index in [1.807, 2.05) is 6.92 Å². The number of halogens is 3. The molecule has 1 aliphatic rings. The van der Waals surface area contributed by atoms with E-state index in [4.69, 9.17) is 4.74 Å². The van der Waals surface area contributed by atoms with Crippen LogP contribution in [0.25, 0.3) is 0 Å². The maximum atomic E-state index is 13.1. The van der Waals surface area contributed by atoms with E-state index in [-0.39, 0.29) is 30.3 Å². The number of nitrogens with zero attached hydrogens (tertiary/aromatic N) is 1. The summed E-state index contributed by atoms with van der Waals surface area (Å²) in [6.45, 7) is 3.64. The van der Waals surface area contributed by atoms with Crippen LogP contribution in [0.4, 0.5) is 28.4 Å². The topological polar surface area (TPSA) is 67.9 Å². The molecule has 2 amide bonds. The van der Waals surface area contributed by atoms with Gasteiger partial charge in [-0.2, -0.15) is 13.2 Å². The zero-order valence-electron chi connectivity index (χ0n) is 14.7. The summed E-state index contributed by atoms with van der Waals surface area (Å²) in [6.07, 6.45) is -5.13. The molecule has 0 saturated heterocycles. The average molecular weight is 374 g/mol. The Morgan fingerprint density at radius 3 is 2.54 bits per heavy atom. The number of rotatable bonds is 3. The van der Waals surface area contributed by atoms with Gasteiger partial charge >= 0.3 is 18.4 Å². The molecule has 1 aromatic rings. The lowest BCUT2D eigenvalue weighted by Gasteiger charge is -2.40. The molecule has 9 heteroatoms. The van der Waals surface area contributed by atoms with E-state index in [1.54, 1.807) is 6.92 Å². The van der Waals surface area contributed by atoms with Crippen molar-refractivity contribution in [1.29, 1.82) is 0 Å². The molecular weight excluding hydrogens is 353 g/mol. The van der Waals surface area contributed by atoms with Gasteiger partial charge in [0.15, 0.2) is 0 Å². The summed E-state index contributed by atoms with van der Waals surface area (Å²) >= 11 is 0. The molecular formula is C17H21F3N2O4. The molecule has 0 fully saturated rings. The van der Waals surface area contributed by atoms with Crippen LogP contribution in [0.1, 0.15) is 43.9 Å². The van der Waals surface area contributed by atoms with E-state index in [2.05, 4.69) is 10.1 Å². The molecule has 1 unspecified atom stereocenters. The number of alkyl carbamates (subject to hydrolysis) is 1. The van der Waals surface area contributed by atoms with Gasteiger partial charge in [0.1, 0.15) is 0 Å². The van der Waals surface area contributed by atoms with Gasteiger partial charge in [-0.1, -0.05) is 6.92 Å². The minimum Gasteiger partial charge on any atom is -0.453 e. The van der Waals surface area contributed by atoms with Crippen molar-refractivity contribution in [2.45, 2.75) is 44.9 Å². The Morgan fingerprint density at radius 2 is 2.00 bits per heavy atom. The van der Waals surface area contributed by atoms with Crippen LogP contribution in [0.15, 0.2) is 18.2 Å². The number of nitrogens with one attached hydrogen (secondary N) is 1. The highest BCUT2D eigenvalue weighted by Gasteiger charge is 2.39. The Labute approximate surface area is 149 Å². The van der Waals surface area contributed by atoms with E-state index in [0.29, 0.717) is 6.42 Å². The van der Waals surface area contributed by atoms with Crippen molar-refractivity contribution < 1.29 is 32.2 Å². The fourth-order valence-electron chi connectivity index (χ4n) is 3.06. The molecule has 0 aliphatic carbocycles. The summed E-state index contributed by atoms with van der Waals surface area (Å²) in [5.41, 5.74) is -0.370. The molecule has 144 valence electrons. The third-order valence-corrected chi connectivity index (χ3v) is 4.28. The smallest absolute Gasteiger partial charge is 0.416 e. The van der Waals surface area contributed by atoms with E-state index in [1.165, 1.54) is 18.1 Å². The minimum absolute atomic E-state index is 0.144. The first-order valence-corrected chi connectivity index (χ1v) is 8.24. The van der Waals surface area contributed by atoms with Crippen molar-refractivity contribution in [3.63, 3.8) is 0 Å². The summed E-state index contributed by atoms with van der Waals surface area (Å²) in [6, 6.07) is 2.06. The first kappa shape index (κ1) is 19.9. The summed E-state index contributed by atoms with van der Waals surface area (Å²) in [5.74, 6) is 0. The van der Waals surface area contributed by atoms with E-state index < -0.39 is 30.0 Å². The van der Waals surface area contributed by atoms with Gasteiger partial charge in [0.25, 0.3) is 0 Å². The lowest BCUT2D eigenvalue weighted by Crippen LogP contribution is -2.47. The summed E-state index contributed by atoms with van der Waals surface area (Å²) in [5, 5.41) is 2.55. The monoisotopic (exact) mass is 374 g/mol. The molecule has 0 saturated carbocycles. The number of fused-ring (bicyclic) bond motifs is 1. The molecule has 0 aromatic heterocycles. The number of carbonyl (C=O) groups excluding carboxylic acids is 2. The van der Waals surface area contributed by atoms with Crippen LogP contribution in [0.2, 0.25) is 0 Å². The van der Waals surface area contributed by atoms with Gasteiger partial charge in [0, 0.05) is 6.04 Å². The third-order valence-electron chi connectivity index (χ3n) is 4.28. The van der Waals surface area contributed by atoms with Crippen molar-refractivity contribution in [3.05, 3.63) is 29.3 Å². The number of alkyl halides is 3. The Morgan fingerprint density at radius 1 is 1.31 bits per heavy atom. The van der Waals surface area contributed by atoms with Crippen molar-refractivity contribution >= 4 is 17.9 Å². The number of ether oxygens (including phenoxy) is 2. The molecule has 1 aliphatic heterocycles. The fraction of sp³-hybridized carbons (Fsp3) is 0.529. The highest BCUT2D eigenvalue weighted by Crippen LogP contribution is 2.41. The Bertz CT molecular complexity index is 678. The first-order chi connectivity index (χ1) is 12.2. The van der Waals surface area contributed by atoms with Crippen LogP contribution in [0, 0.1) is 0 Å². The molecule has 2 atom stereocenters. The van der Waals surface area contributed by atoms with Crippen LogP contribution in [-0.4, -0.2) is 31.9 Å². The van der Waals surface area contributed by atoms with Crippen LogP contribution >= 0.6 is 0 Å². The number of anilines is 1. The van der Waals surface area contributed by atoms with E-state index >= 15 is 0 Å². The Balaban J connectivity index is 2.55. The van der Waals surface area contributed by atoms with Crippen molar-refractivity contribution in [2.24, 2.45) is 0 Å². The Kier molecular flexibility index (Phi) is 5.99. The van der Waals surface area contributed by atoms with Gasteiger partial charge in [-0.15, -0.1) is 0 Å². The zero-order chi connectivity index (χ0) is 19.5. The van der Waals surface area contributed by atoms with Crippen molar-refractivity contribution in [3.8, 4) is 0 Å². The maximum absolute atomic E-state index is 13.1. The number of benzene rings is 1. The molecule has 0 radical (unpaired) electrons. The summed E-state index contributed by atoms with van der Waals surface area (Å²) in [7, 11) is 1.17. The van der Waals surface area contributed by atoms with Crippen LogP contribution in [0.3, 0.4) is 0 Å². The first-order valence-electron chi connectivity index (χ1n) is 8.24. The number of hydrogen-bond acceptors (Lipinski definition) is 4. The molecule has 1 heterocycles. The number of hydrogen-bond donors (Lipinski definition) is 1. The van der Waals surface area contributed by atoms with Crippen molar-refractivity contribution in [2.75, 3.05) is 18.6 Å². The molecule has 2 rings (SSSR count). The number of methoxy groups -OCH3 is 1. The molecule has 1 N–H and O–H groups in total. The Hall–Kier alpha value is -2.45. The molecule has 1 aromatic carbocycles. The van der Waals surface area contributed by atoms with Gasteiger partial charge in [-0.25, -0.2) is 9.59 Å². The lowest BCUT2D eigenvalue weighted by atomic mass is 9.89. The van der Waals surface area contributed by atoms with Gasteiger partial charge in [0.05, 0.1) is 31.0 Å². The molecule has 0 bridgehead atoms. The molecule has 6 nitrogen and oxygen atoms in total. The van der Waals surface area contributed by atoms with Crippen LogP contribution in [-0.2, 0) is 15.7 Å². The lowest BCUT2D eigenvalue weighted by molar-refractivity contribution is -0.137. The van der Waals surface area contributed by atoms with Gasteiger partial charge in [-0.3, -0.25) is 4.90 Å². The minimum atomic E-state index is -4.54. The van der Waals surface area contributed by atoms with Crippen molar-refractivity contribution in [1.82, 2.24) is 5.32 Å². The van der Waals surface area contributed by atoms with Gasteiger partial charge in [-0.05, 0) is 43.5 Å². The molecule has 0 spiro atoms. The summed E-state index contributed by atoms with van der Waals surface area (Å²) in [4.78, 5) is 25.3. The number of carbonyl (C=O) groups is 2. The van der Waals surface area contributed by atoms with Gasteiger partial charge in [0.2, 0.25) is 0 Å². The second-order valence-corrected chi connectivity index (χ2v) is 5.83. The zero-order valence-corrected chi connectivity index (χ0v) is 14.7.